The third kappa shape index (κ3) is 4.71. The summed E-state index contributed by atoms with van der Waals surface area (Å²) >= 11 is 5.94. The highest BCUT2D eigenvalue weighted by Gasteiger charge is 2.10. The van der Waals surface area contributed by atoms with Crippen molar-refractivity contribution in [2.75, 3.05) is 0 Å². The van der Waals surface area contributed by atoms with Crippen LogP contribution < -0.4 is 0 Å². The van der Waals surface area contributed by atoms with Crippen molar-refractivity contribution in [1.29, 1.82) is 0 Å². The number of halogens is 2. The van der Waals surface area contributed by atoms with Gasteiger partial charge in [0.15, 0.2) is 0 Å². The second-order valence-electron chi connectivity index (χ2n) is 7.76. The summed E-state index contributed by atoms with van der Waals surface area (Å²) in [4.78, 5) is 4.61. The fraction of sp³-hybridized carbons (Fsp3) is 0.222. The monoisotopic (exact) mass is 417 g/mol. The van der Waals surface area contributed by atoms with Crippen molar-refractivity contribution in [2.24, 2.45) is 0 Å². The number of aromatic nitrogens is 1. The number of nitrogens with zero attached hydrogens (tertiary/aromatic N) is 1. The Bertz CT molecular complexity index is 1130. The molecule has 0 N–H and O–H groups in total. The zero-order valence-electron chi connectivity index (χ0n) is 17.2. The van der Waals surface area contributed by atoms with Gasteiger partial charge in [0.25, 0.3) is 0 Å². The summed E-state index contributed by atoms with van der Waals surface area (Å²) in [5.41, 5.74) is 5.09. The van der Waals surface area contributed by atoms with Crippen molar-refractivity contribution in [1.82, 2.24) is 4.98 Å². The number of fused-ring (bicyclic) bond motifs is 1. The third-order valence-electron chi connectivity index (χ3n) is 5.57. The second kappa shape index (κ2) is 9.40. The molecule has 0 spiro atoms. The van der Waals surface area contributed by atoms with Crippen LogP contribution in [0.2, 0.25) is 5.02 Å². The van der Waals surface area contributed by atoms with Gasteiger partial charge in [-0.3, -0.25) is 4.98 Å². The first kappa shape index (κ1) is 20.6. The topological polar surface area (TPSA) is 12.9 Å². The Labute approximate surface area is 182 Å². The molecular formula is C27H25ClFN. The smallest absolute Gasteiger partial charge is 0.134 e. The highest BCUT2D eigenvalue weighted by molar-refractivity contribution is 6.30. The van der Waals surface area contributed by atoms with Crippen LogP contribution in [0.5, 0.6) is 0 Å². The summed E-state index contributed by atoms with van der Waals surface area (Å²) < 4.78 is 15.1. The molecule has 4 rings (SSSR count). The van der Waals surface area contributed by atoms with E-state index in [1.165, 1.54) is 18.4 Å². The molecular weight excluding hydrogens is 393 g/mol. The molecule has 0 atom stereocenters. The van der Waals surface area contributed by atoms with Crippen LogP contribution in [-0.2, 0) is 19.3 Å². The molecule has 0 saturated carbocycles. The number of unbranched alkanes of at least 4 members (excludes halogenated alkanes) is 1. The van der Waals surface area contributed by atoms with Crippen molar-refractivity contribution in [2.45, 2.75) is 39.0 Å². The maximum absolute atomic E-state index is 15.1. The van der Waals surface area contributed by atoms with E-state index >= 15 is 4.39 Å². The fourth-order valence-corrected chi connectivity index (χ4v) is 3.87. The molecule has 3 heteroatoms. The summed E-state index contributed by atoms with van der Waals surface area (Å²) in [6.45, 7) is 2.19. The molecule has 0 amide bonds. The molecule has 30 heavy (non-hydrogen) atoms. The Morgan fingerprint density at radius 3 is 2.37 bits per heavy atom. The molecule has 0 radical (unpaired) electrons. The predicted octanol–water partition coefficient (Wildman–Crippen LogP) is 7.82. The Kier molecular flexibility index (Phi) is 6.44. The van der Waals surface area contributed by atoms with Crippen LogP contribution in [0.4, 0.5) is 4.39 Å². The van der Waals surface area contributed by atoms with E-state index in [1.54, 1.807) is 0 Å². The summed E-state index contributed by atoms with van der Waals surface area (Å²) in [5.74, 6) is -0.129. The molecule has 0 saturated heterocycles. The summed E-state index contributed by atoms with van der Waals surface area (Å²) in [7, 11) is 0. The standard InChI is InChI=1S/C27H25ClFN/c1-2-3-4-20-8-16-26(30-18-20)23-12-15-25-22(17-23)11-10-21(27(25)29)9-5-19-6-13-24(28)14-7-19/h6-8,10-18H,2-5,9H2,1H3. The minimum atomic E-state index is -0.129. The second-order valence-corrected chi connectivity index (χ2v) is 8.19. The molecule has 0 aliphatic heterocycles. The van der Waals surface area contributed by atoms with Crippen LogP contribution in [0.25, 0.3) is 22.0 Å². The minimum absolute atomic E-state index is 0.129. The van der Waals surface area contributed by atoms with E-state index in [-0.39, 0.29) is 5.82 Å². The SMILES string of the molecule is CCCCc1ccc(-c2ccc3c(F)c(CCc4ccc(Cl)cc4)ccc3c2)nc1. The number of aryl methyl sites for hydroxylation is 3. The van der Waals surface area contributed by atoms with Gasteiger partial charge in [-0.1, -0.05) is 67.4 Å². The molecule has 3 aromatic carbocycles. The number of pyridine rings is 1. The van der Waals surface area contributed by atoms with E-state index in [2.05, 4.69) is 24.0 Å². The number of benzene rings is 3. The largest absolute Gasteiger partial charge is 0.256 e. The lowest BCUT2D eigenvalue weighted by Crippen LogP contribution is -1.96. The molecule has 4 aromatic rings. The lowest BCUT2D eigenvalue weighted by atomic mass is 9.98. The van der Waals surface area contributed by atoms with Gasteiger partial charge < -0.3 is 0 Å². The molecule has 1 aromatic heterocycles. The highest BCUT2D eigenvalue weighted by Crippen LogP contribution is 2.27. The molecule has 152 valence electrons. The maximum Gasteiger partial charge on any atom is 0.134 e. The Morgan fingerprint density at radius 1 is 0.833 bits per heavy atom. The first-order chi connectivity index (χ1) is 14.6. The Morgan fingerprint density at radius 2 is 1.63 bits per heavy atom. The van der Waals surface area contributed by atoms with Gasteiger partial charge in [-0.25, -0.2) is 4.39 Å². The lowest BCUT2D eigenvalue weighted by Gasteiger charge is -2.09. The number of hydrogen-bond donors (Lipinski definition) is 0. The van der Waals surface area contributed by atoms with Crippen LogP contribution in [0, 0.1) is 5.82 Å². The molecule has 1 heterocycles. The van der Waals surface area contributed by atoms with Crippen LogP contribution in [-0.4, -0.2) is 4.98 Å². The van der Waals surface area contributed by atoms with Gasteiger partial charge in [0.05, 0.1) is 5.69 Å². The molecule has 0 unspecified atom stereocenters. The zero-order chi connectivity index (χ0) is 20.9. The van der Waals surface area contributed by atoms with E-state index in [0.29, 0.717) is 11.8 Å². The lowest BCUT2D eigenvalue weighted by molar-refractivity contribution is 0.620. The Hall–Kier alpha value is -2.71. The van der Waals surface area contributed by atoms with E-state index in [0.717, 1.165) is 45.6 Å². The Balaban J connectivity index is 1.54. The van der Waals surface area contributed by atoms with Crippen molar-refractivity contribution in [3.8, 4) is 11.3 Å². The van der Waals surface area contributed by atoms with Crippen LogP contribution in [0.3, 0.4) is 0 Å². The molecule has 1 nitrogen and oxygen atoms in total. The van der Waals surface area contributed by atoms with Gasteiger partial charge in [0, 0.05) is 22.2 Å². The maximum atomic E-state index is 15.1. The first-order valence-corrected chi connectivity index (χ1v) is 10.9. The highest BCUT2D eigenvalue weighted by atomic mass is 35.5. The van der Waals surface area contributed by atoms with Crippen molar-refractivity contribution < 1.29 is 4.39 Å². The zero-order valence-corrected chi connectivity index (χ0v) is 17.9. The van der Waals surface area contributed by atoms with Gasteiger partial charge in [-0.2, -0.15) is 0 Å². The van der Waals surface area contributed by atoms with Crippen molar-refractivity contribution in [3.05, 3.63) is 100 Å². The molecule has 0 bridgehead atoms. The average molecular weight is 418 g/mol. The van der Waals surface area contributed by atoms with Crippen LogP contribution >= 0.6 is 11.6 Å². The van der Waals surface area contributed by atoms with E-state index < -0.39 is 0 Å². The third-order valence-corrected chi connectivity index (χ3v) is 5.82. The van der Waals surface area contributed by atoms with E-state index in [9.17, 15) is 0 Å². The normalized spacial score (nSPS) is 11.2. The average Bonchev–Trinajstić information content (AvgIpc) is 2.78. The van der Waals surface area contributed by atoms with Gasteiger partial charge >= 0.3 is 0 Å². The van der Waals surface area contributed by atoms with E-state index in [1.807, 2.05) is 60.8 Å². The summed E-state index contributed by atoms with van der Waals surface area (Å²) in [6, 6.07) is 21.7. The summed E-state index contributed by atoms with van der Waals surface area (Å²) in [5, 5.41) is 2.28. The predicted molar refractivity (Wildman–Crippen MR) is 125 cm³/mol. The quantitative estimate of drug-likeness (QED) is 0.298. The van der Waals surface area contributed by atoms with Crippen LogP contribution in [0.15, 0.2) is 72.9 Å². The van der Waals surface area contributed by atoms with Gasteiger partial charge in [0.1, 0.15) is 5.82 Å². The van der Waals surface area contributed by atoms with Crippen molar-refractivity contribution >= 4 is 22.4 Å². The number of hydrogen-bond acceptors (Lipinski definition) is 1. The van der Waals surface area contributed by atoms with Gasteiger partial charge in [0.2, 0.25) is 0 Å². The summed E-state index contributed by atoms with van der Waals surface area (Å²) in [6.07, 6.45) is 6.81. The van der Waals surface area contributed by atoms with Crippen LogP contribution in [0.1, 0.15) is 36.5 Å². The molecule has 0 fully saturated rings. The molecule has 0 aliphatic carbocycles. The van der Waals surface area contributed by atoms with Gasteiger partial charge in [-0.05, 0) is 72.0 Å². The minimum Gasteiger partial charge on any atom is -0.256 e. The fourth-order valence-electron chi connectivity index (χ4n) is 3.74. The molecule has 0 aliphatic rings. The number of rotatable bonds is 7. The van der Waals surface area contributed by atoms with Crippen molar-refractivity contribution in [3.63, 3.8) is 0 Å². The first-order valence-electron chi connectivity index (χ1n) is 10.5. The van der Waals surface area contributed by atoms with Gasteiger partial charge in [-0.15, -0.1) is 0 Å². The van der Waals surface area contributed by atoms with E-state index in [4.69, 9.17) is 11.6 Å².